The van der Waals surface area contributed by atoms with Crippen LogP contribution in [0.1, 0.15) is 0 Å². The zero-order valence-electron chi connectivity index (χ0n) is 6.98. The van der Waals surface area contributed by atoms with Crippen LogP contribution in [0.5, 0.6) is 5.75 Å². The maximum absolute atomic E-state index is 5.38. The Morgan fingerprint density at radius 2 is 2.31 bits per heavy atom. The minimum Gasteiger partial charge on any atom is -0.488 e. The van der Waals surface area contributed by atoms with Gasteiger partial charge in [-0.05, 0) is 22.0 Å². The fourth-order valence-electron chi connectivity index (χ4n) is 0.758. The van der Waals surface area contributed by atoms with Crippen molar-refractivity contribution < 1.29 is 4.74 Å². The van der Waals surface area contributed by atoms with E-state index < -0.39 is 0 Å². The van der Waals surface area contributed by atoms with Gasteiger partial charge in [-0.1, -0.05) is 12.2 Å². The molecule has 0 unspecified atom stereocenters. The third kappa shape index (κ3) is 4.33. The van der Waals surface area contributed by atoms with Crippen molar-refractivity contribution in [2.75, 3.05) is 12.4 Å². The molecule has 4 heteroatoms. The molecule has 13 heavy (non-hydrogen) atoms. The van der Waals surface area contributed by atoms with Crippen molar-refractivity contribution in [2.45, 2.75) is 0 Å². The Morgan fingerprint density at radius 1 is 1.46 bits per heavy atom. The van der Waals surface area contributed by atoms with Crippen molar-refractivity contribution in [1.82, 2.24) is 4.98 Å². The zero-order chi connectivity index (χ0) is 9.52. The average Bonchev–Trinajstić information content (AvgIpc) is 2.13. The van der Waals surface area contributed by atoms with E-state index in [1.165, 1.54) is 0 Å². The number of aromatic nitrogens is 1. The Kier molecular flexibility index (Phi) is 4.93. The lowest BCUT2D eigenvalue weighted by molar-refractivity contribution is 0.361. The quantitative estimate of drug-likeness (QED) is 0.664. The Hall–Kier alpha value is -0.480. The van der Waals surface area contributed by atoms with E-state index in [9.17, 15) is 0 Å². The predicted molar refractivity (Wildman–Crippen MR) is 60.4 cm³/mol. The van der Waals surface area contributed by atoms with Crippen molar-refractivity contribution in [3.05, 3.63) is 35.1 Å². The number of ether oxygens (including phenoxy) is 1. The first-order chi connectivity index (χ1) is 6.33. The van der Waals surface area contributed by atoms with Crippen LogP contribution in [0, 0.1) is 0 Å². The zero-order valence-corrected chi connectivity index (χ0v) is 9.46. The Labute approximate surface area is 91.6 Å². The maximum atomic E-state index is 5.38. The molecular weight excluding hydrogens is 250 g/mol. The molecule has 1 aromatic heterocycles. The summed E-state index contributed by atoms with van der Waals surface area (Å²) in [7, 11) is 0. The van der Waals surface area contributed by atoms with Gasteiger partial charge in [-0.2, -0.15) is 12.6 Å². The third-order valence-corrected chi connectivity index (χ3v) is 1.94. The molecule has 0 aromatic carbocycles. The van der Waals surface area contributed by atoms with Gasteiger partial charge in [-0.25, -0.2) is 0 Å². The van der Waals surface area contributed by atoms with Gasteiger partial charge >= 0.3 is 0 Å². The molecule has 0 aliphatic heterocycles. The van der Waals surface area contributed by atoms with Crippen LogP contribution in [0.2, 0.25) is 0 Å². The Morgan fingerprint density at radius 3 is 3.00 bits per heavy atom. The van der Waals surface area contributed by atoms with E-state index in [2.05, 4.69) is 33.5 Å². The Bertz CT molecular complexity index is 291. The van der Waals surface area contributed by atoms with Crippen molar-refractivity contribution in [3.8, 4) is 5.75 Å². The molecule has 0 aliphatic rings. The van der Waals surface area contributed by atoms with Crippen LogP contribution < -0.4 is 4.74 Å². The monoisotopic (exact) mass is 259 g/mol. The van der Waals surface area contributed by atoms with Gasteiger partial charge in [-0.15, -0.1) is 0 Å². The molecule has 0 aliphatic carbocycles. The van der Waals surface area contributed by atoms with Crippen molar-refractivity contribution in [2.24, 2.45) is 0 Å². The first-order valence-corrected chi connectivity index (χ1v) is 5.24. The number of pyridine rings is 1. The maximum Gasteiger partial charge on any atom is 0.139 e. The summed E-state index contributed by atoms with van der Waals surface area (Å²) in [5.74, 6) is 1.50. The van der Waals surface area contributed by atoms with Crippen LogP contribution in [-0.4, -0.2) is 17.3 Å². The van der Waals surface area contributed by atoms with Gasteiger partial charge in [-0.3, -0.25) is 4.98 Å². The van der Waals surface area contributed by atoms with Crippen LogP contribution >= 0.6 is 28.6 Å². The number of hydrogen-bond donors (Lipinski definition) is 1. The fourth-order valence-corrected chi connectivity index (χ4v) is 1.25. The highest BCUT2D eigenvalue weighted by atomic mass is 79.9. The summed E-state index contributed by atoms with van der Waals surface area (Å²) in [6.07, 6.45) is 7.26. The summed E-state index contributed by atoms with van der Waals surface area (Å²) in [5, 5.41) is 0. The molecular formula is C9H10BrNOS. The first kappa shape index (κ1) is 10.6. The molecule has 0 N–H and O–H groups in total. The second-order valence-corrected chi connectivity index (χ2v) is 3.58. The highest BCUT2D eigenvalue weighted by Crippen LogP contribution is 2.15. The molecule has 1 heterocycles. The van der Waals surface area contributed by atoms with Crippen LogP contribution in [0.15, 0.2) is 35.1 Å². The molecule has 0 spiro atoms. The fraction of sp³-hybridized carbons (Fsp3) is 0.222. The molecule has 0 bridgehead atoms. The van der Waals surface area contributed by atoms with Gasteiger partial charge in [0, 0.05) is 16.4 Å². The lowest BCUT2D eigenvalue weighted by Gasteiger charge is -2.01. The molecule has 70 valence electrons. The summed E-state index contributed by atoms with van der Waals surface area (Å²) < 4.78 is 6.30. The second-order valence-electron chi connectivity index (χ2n) is 2.30. The summed E-state index contributed by atoms with van der Waals surface area (Å²) >= 11 is 7.35. The van der Waals surface area contributed by atoms with Gasteiger partial charge in [0.1, 0.15) is 12.4 Å². The third-order valence-electron chi connectivity index (χ3n) is 1.30. The van der Waals surface area contributed by atoms with E-state index in [1.807, 2.05) is 18.2 Å². The predicted octanol–water partition coefficient (Wildman–Crippen LogP) is 2.71. The minimum atomic E-state index is 0.554. The lowest BCUT2D eigenvalue weighted by Crippen LogP contribution is -1.93. The van der Waals surface area contributed by atoms with Gasteiger partial charge < -0.3 is 4.74 Å². The molecule has 0 fully saturated rings. The van der Waals surface area contributed by atoms with Gasteiger partial charge in [0.2, 0.25) is 0 Å². The molecule has 0 atom stereocenters. The second kappa shape index (κ2) is 6.05. The van der Waals surface area contributed by atoms with Crippen molar-refractivity contribution in [1.29, 1.82) is 0 Å². The summed E-state index contributed by atoms with van der Waals surface area (Å²) in [5.41, 5.74) is 0. The van der Waals surface area contributed by atoms with Crippen molar-refractivity contribution in [3.63, 3.8) is 0 Å². The van der Waals surface area contributed by atoms with Crippen LogP contribution in [-0.2, 0) is 0 Å². The molecule has 0 saturated heterocycles. The van der Waals surface area contributed by atoms with E-state index in [-0.39, 0.29) is 0 Å². The minimum absolute atomic E-state index is 0.554. The lowest BCUT2D eigenvalue weighted by atomic mass is 10.4. The van der Waals surface area contributed by atoms with E-state index in [1.54, 1.807) is 12.4 Å². The highest BCUT2D eigenvalue weighted by molar-refractivity contribution is 9.10. The number of thiol groups is 1. The van der Waals surface area contributed by atoms with E-state index in [0.29, 0.717) is 6.61 Å². The van der Waals surface area contributed by atoms with Gasteiger partial charge in [0.15, 0.2) is 0 Å². The largest absolute Gasteiger partial charge is 0.488 e. The number of nitrogens with zero attached hydrogens (tertiary/aromatic N) is 1. The summed E-state index contributed by atoms with van der Waals surface area (Å²) in [6, 6.07) is 1.88. The average molecular weight is 260 g/mol. The molecule has 0 saturated carbocycles. The number of halogens is 1. The summed E-state index contributed by atoms with van der Waals surface area (Å²) in [4.78, 5) is 3.97. The molecule has 0 radical (unpaired) electrons. The van der Waals surface area contributed by atoms with Crippen molar-refractivity contribution >= 4 is 28.6 Å². The molecule has 2 nitrogen and oxygen atoms in total. The number of rotatable bonds is 4. The summed E-state index contributed by atoms with van der Waals surface area (Å²) in [6.45, 7) is 0.554. The van der Waals surface area contributed by atoms with E-state index in [4.69, 9.17) is 4.74 Å². The normalized spacial score (nSPS) is 10.6. The van der Waals surface area contributed by atoms with E-state index in [0.717, 1.165) is 16.0 Å². The van der Waals surface area contributed by atoms with E-state index >= 15 is 0 Å². The van der Waals surface area contributed by atoms with Gasteiger partial charge in [0.05, 0.1) is 6.20 Å². The number of hydrogen-bond acceptors (Lipinski definition) is 3. The first-order valence-electron chi connectivity index (χ1n) is 3.82. The molecule has 1 rings (SSSR count). The van der Waals surface area contributed by atoms with Crippen LogP contribution in [0.25, 0.3) is 0 Å². The standard InChI is InChI=1S/C9H10BrNOS/c10-8-5-9(7-11-6-8)12-3-1-2-4-13/h1-2,5-7,13H,3-4H2. The SMILES string of the molecule is SCC=CCOc1cncc(Br)c1. The molecule has 0 amide bonds. The Balaban J connectivity index is 2.41. The topological polar surface area (TPSA) is 22.1 Å². The smallest absolute Gasteiger partial charge is 0.139 e. The van der Waals surface area contributed by atoms with Crippen LogP contribution in [0.3, 0.4) is 0 Å². The highest BCUT2D eigenvalue weighted by Gasteiger charge is 1.92. The molecule has 1 aromatic rings. The van der Waals surface area contributed by atoms with Crippen LogP contribution in [0.4, 0.5) is 0 Å². The van der Waals surface area contributed by atoms with Gasteiger partial charge in [0.25, 0.3) is 0 Å².